The van der Waals surface area contributed by atoms with E-state index in [1.807, 2.05) is 165 Å². The summed E-state index contributed by atoms with van der Waals surface area (Å²) in [6, 6.07) is 16.2. The molecule has 0 radical (unpaired) electrons. The molecule has 0 spiro atoms. The zero-order chi connectivity index (χ0) is 41.0. The number of aliphatic hydroxyl groups excluding tert-OH is 4. The summed E-state index contributed by atoms with van der Waals surface area (Å²) < 4.78 is 5.81. The molecule has 5 aliphatic heterocycles. The number of nitrogens with zero attached hydrogens (tertiary/aromatic N) is 8. The summed E-state index contributed by atoms with van der Waals surface area (Å²) in [5.74, 6) is 0. The topological polar surface area (TPSA) is 147 Å². The van der Waals surface area contributed by atoms with Gasteiger partial charge in [0.1, 0.15) is 19.8 Å². The van der Waals surface area contributed by atoms with Crippen molar-refractivity contribution < 1.29 is 53.6 Å². The minimum atomic E-state index is 0. The van der Waals surface area contributed by atoms with E-state index in [-0.39, 0.29) is 45.9 Å². The molecular weight excluding hydrogens is 818 g/mol. The van der Waals surface area contributed by atoms with Gasteiger partial charge in [0.15, 0.2) is 56.8 Å². The van der Waals surface area contributed by atoms with Gasteiger partial charge in [0.05, 0.1) is 40.8 Å². The van der Waals surface area contributed by atoms with Crippen molar-refractivity contribution >= 4 is 33.9 Å². The number of aliphatic hydroxyl groups is 4. The van der Waals surface area contributed by atoms with Crippen LogP contribution in [0.25, 0.3) is 16.7 Å². The van der Waals surface area contributed by atoms with Crippen molar-refractivity contribution in [2.45, 2.75) is 19.6 Å². The van der Waals surface area contributed by atoms with Gasteiger partial charge in [-0.3, -0.25) is 0 Å². The molecule has 0 saturated heterocycles. The zero-order valence-electron chi connectivity index (χ0n) is 33.6. The number of hydrogen-bond acceptors (Lipinski definition) is 8. The van der Waals surface area contributed by atoms with Crippen LogP contribution in [0.4, 0.5) is 0 Å². The Morgan fingerprint density at radius 3 is 1.21 bits per heavy atom. The predicted octanol–water partition coefficient (Wildman–Crippen LogP) is 3.09. The molecule has 0 amide bonds. The van der Waals surface area contributed by atoms with Crippen molar-refractivity contribution in [1.82, 2.24) is 9.88 Å². The first-order chi connectivity index (χ1) is 29.5. The first-order valence-electron chi connectivity index (χ1n) is 20.0. The summed E-state index contributed by atoms with van der Waals surface area (Å²) in [7, 11) is 0. The summed E-state index contributed by atoms with van der Waals surface area (Å²) in [6.45, 7) is 2.03. The molecule has 0 saturated carbocycles. The molecule has 4 aromatic rings. The van der Waals surface area contributed by atoms with Crippen molar-refractivity contribution in [3.63, 3.8) is 0 Å². The van der Waals surface area contributed by atoms with E-state index in [0.717, 1.165) is 90.2 Å². The molecule has 12 nitrogen and oxygen atoms in total. The van der Waals surface area contributed by atoms with Crippen LogP contribution in [0.3, 0.4) is 0 Å². The van der Waals surface area contributed by atoms with E-state index in [0.29, 0.717) is 26.2 Å². The van der Waals surface area contributed by atoms with Crippen molar-refractivity contribution in [2.75, 3.05) is 33.0 Å². The third-order valence-corrected chi connectivity index (χ3v) is 10.8. The fourth-order valence-corrected chi connectivity index (χ4v) is 7.82. The predicted molar refractivity (Wildman–Crippen MR) is 229 cm³/mol. The second kappa shape index (κ2) is 18.5. The fraction of sp³-hybridized carbons (Fsp3) is 0.167. The molecule has 5 aliphatic rings. The van der Waals surface area contributed by atoms with Gasteiger partial charge < -0.3 is 30.3 Å². The largest absolute Gasteiger partial charge is 2.00 e. The summed E-state index contributed by atoms with van der Waals surface area (Å²) in [4.78, 5) is 23.3. The van der Waals surface area contributed by atoms with Gasteiger partial charge in [0, 0.05) is 66.5 Å². The number of β-amino-alcohol motifs (C(OH)–C–C–N with tert-alkyl or cyclic N) is 1. The van der Waals surface area contributed by atoms with Crippen LogP contribution in [0, 0.1) is 0 Å². The number of pyridine rings is 3. The Kier molecular flexibility index (Phi) is 12.6. The Balaban J connectivity index is 0.00000514. The maximum Gasteiger partial charge on any atom is 2.00 e. The monoisotopic (exact) mass is 860 g/mol. The molecule has 61 heavy (non-hydrogen) atoms. The normalized spacial score (nSPS) is 16.6. The average Bonchev–Trinajstić information content (AvgIpc) is 4.12. The molecule has 0 unspecified atom stereocenters. The van der Waals surface area contributed by atoms with Gasteiger partial charge in [-0.05, 0) is 82.0 Å². The van der Waals surface area contributed by atoms with Gasteiger partial charge in [0.25, 0.3) is 0 Å². The number of aromatic nitrogens is 4. The first-order valence-corrected chi connectivity index (χ1v) is 20.0. The summed E-state index contributed by atoms with van der Waals surface area (Å²) in [5, 5.41) is 38.5. The van der Waals surface area contributed by atoms with Crippen molar-refractivity contribution in [3.8, 4) is 0 Å². The maximum atomic E-state index is 9.62. The van der Waals surface area contributed by atoms with Crippen LogP contribution >= 0.6 is 0 Å². The van der Waals surface area contributed by atoms with E-state index in [2.05, 4.69) is 0 Å². The molecule has 4 N–H and O–H groups in total. The van der Waals surface area contributed by atoms with Crippen LogP contribution in [0.1, 0.15) is 28.1 Å². The van der Waals surface area contributed by atoms with Crippen molar-refractivity contribution in [1.29, 1.82) is 0 Å². The van der Waals surface area contributed by atoms with Crippen molar-refractivity contribution in [2.24, 2.45) is 15.0 Å². The molecule has 4 aromatic heterocycles. The zero-order valence-corrected chi connectivity index (χ0v) is 36.6. The van der Waals surface area contributed by atoms with Crippen LogP contribution < -0.4 is 18.7 Å². The van der Waals surface area contributed by atoms with Crippen LogP contribution in [0.5, 0.6) is 0 Å². The number of allylic oxidation sites excluding steroid dienone is 11. The number of hydrogen-bond donors (Lipinski definition) is 4. The second-order valence-corrected chi connectivity index (χ2v) is 14.6. The molecular formula is C48H44N8O4Zn+4. The van der Waals surface area contributed by atoms with Gasteiger partial charge in [0.2, 0.25) is 0 Å². The molecule has 298 valence electrons. The van der Waals surface area contributed by atoms with Crippen LogP contribution in [0.15, 0.2) is 190 Å². The molecule has 9 rings (SSSR count). The summed E-state index contributed by atoms with van der Waals surface area (Å²) >= 11 is 0. The van der Waals surface area contributed by atoms with Gasteiger partial charge in [-0.2, -0.15) is 0 Å². The maximum absolute atomic E-state index is 9.62. The number of aliphatic imine (C=N–C) groups is 3. The number of rotatable bonds is 11. The smallest absolute Gasteiger partial charge is 0.657 e. The fourth-order valence-electron chi connectivity index (χ4n) is 7.82. The summed E-state index contributed by atoms with van der Waals surface area (Å²) in [5.41, 5.74) is 13.0. The Labute approximate surface area is 366 Å². The molecule has 0 aromatic carbocycles. The minimum absolute atomic E-state index is 0. The Morgan fingerprint density at radius 2 is 0.820 bits per heavy atom. The van der Waals surface area contributed by atoms with E-state index in [4.69, 9.17) is 20.0 Å². The molecule has 0 aliphatic carbocycles. The Morgan fingerprint density at radius 1 is 0.443 bits per heavy atom. The molecule has 9 heterocycles. The van der Waals surface area contributed by atoms with Gasteiger partial charge in [-0.25, -0.2) is 28.7 Å². The Bertz CT molecular complexity index is 2710. The van der Waals surface area contributed by atoms with Gasteiger partial charge in [-0.15, -0.1) is 11.4 Å². The molecule has 0 fully saturated rings. The Hall–Kier alpha value is -6.34. The third kappa shape index (κ3) is 8.52. The van der Waals surface area contributed by atoms with Gasteiger partial charge in [-0.1, -0.05) is 12.1 Å². The molecule has 8 bridgehead atoms. The minimum Gasteiger partial charge on any atom is -0.657 e. The van der Waals surface area contributed by atoms with Crippen LogP contribution in [-0.2, 0) is 39.1 Å². The van der Waals surface area contributed by atoms with Crippen LogP contribution in [-0.4, -0.2) is 75.4 Å². The van der Waals surface area contributed by atoms with E-state index >= 15 is 0 Å². The van der Waals surface area contributed by atoms with E-state index in [1.54, 1.807) is 0 Å². The summed E-state index contributed by atoms with van der Waals surface area (Å²) in [6.07, 6.45) is 31.8. The van der Waals surface area contributed by atoms with Crippen molar-refractivity contribution in [3.05, 3.63) is 203 Å². The average molecular weight is 862 g/mol. The molecule has 0 atom stereocenters. The second-order valence-electron chi connectivity index (χ2n) is 14.6. The van der Waals surface area contributed by atoms with E-state index < -0.39 is 0 Å². The standard InChI is InChI=1S/C48H44N8O4.Zn/c57-29-25-53-17-9-33(10-18-53)45-37-1-2-38(49-37)46(34-11-19-54(20-12-34)26-30-58)40-5-6-42(51-40)48(36-15-23-56(24-16-36)28-32-60)44-8-7-43(52-44)47(41-4-3-39(45)50-41)35-13-21-55(22-14-35)27-31-59;/h1-24,57-60H,25-32H2;/q2*+2. The molecule has 13 heteroatoms. The van der Waals surface area contributed by atoms with Gasteiger partial charge >= 0.3 is 19.5 Å². The quantitative estimate of drug-likeness (QED) is 0.135. The first kappa shape index (κ1) is 41.4. The van der Waals surface area contributed by atoms with E-state index in [1.165, 1.54) is 0 Å². The van der Waals surface area contributed by atoms with Crippen LogP contribution in [0.2, 0.25) is 0 Å². The third-order valence-electron chi connectivity index (χ3n) is 10.8. The SMILES string of the molecule is OCCN1C=CC(=C2C3=NC(=C(c4cc[n+](CCO)cc4)C4=NC(=C(c5cc[n+](CCO)cc5)c5ccc([n-]5)C(c5cc[n+](CCO)cc5)=C5C=CC2=N5)C=C4)C=C3)C=C1.[Zn+2]. The number of fused-ring (bicyclic) bond motifs is 5. The van der Waals surface area contributed by atoms with E-state index in [9.17, 15) is 20.4 Å².